The molecule has 0 bridgehead atoms. The number of carbonyl (C=O) groups excluding carboxylic acids is 2. The van der Waals surface area contributed by atoms with Gasteiger partial charge in [-0.2, -0.15) is 0 Å². The van der Waals surface area contributed by atoms with Crippen molar-refractivity contribution in [3.63, 3.8) is 0 Å². The van der Waals surface area contributed by atoms with Gasteiger partial charge in [0, 0.05) is 6.42 Å². The Balaban J connectivity index is 1.91. The molecular formula is C16H21N3O3. The van der Waals surface area contributed by atoms with Crippen LogP contribution in [-0.2, 0) is 11.2 Å². The summed E-state index contributed by atoms with van der Waals surface area (Å²) in [5.41, 5.74) is 0.126. The molecule has 0 spiro atoms. The molecule has 1 atom stereocenters. The fourth-order valence-corrected chi connectivity index (χ4v) is 3.48. The average Bonchev–Trinajstić information content (AvgIpc) is 2.83. The summed E-state index contributed by atoms with van der Waals surface area (Å²) in [6.07, 6.45) is 2.22. The summed E-state index contributed by atoms with van der Waals surface area (Å²) in [6.45, 7) is 1.74. The summed E-state index contributed by atoms with van der Waals surface area (Å²) in [5.74, 6) is 0.668. The van der Waals surface area contributed by atoms with Gasteiger partial charge < -0.3 is 15.4 Å². The fourth-order valence-electron chi connectivity index (χ4n) is 3.48. The number of carbonyl (C=O) groups is 2. The van der Waals surface area contributed by atoms with E-state index in [0.29, 0.717) is 6.42 Å². The Labute approximate surface area is 129 Å². The van der Waals surface area contributed by atoms with Gasteiger partial charge in [0.05, 0.1) is 7.11 Å². The topological polar surface area (TPSA) is 79.5 Å². The van der Waals surface area contributed by atoms with Gasteiger partial charge in [-0.25, -0.2) is 4.79 Å². The SMILES string of the molecule is COc1cccc(C[C@@]2(C3CCNCC3)NC(=O)NC2=O)c1. The number of hydrogen-bond donors (Lipinski definition) is 3. The van der Waals surface area contributed by atoms with E-state index < -0.39 is 11.6 Å². The lowest BCUT2D eigenvalue weighted by Gasteiger charge is -2.37. The smallest absolute Gasteiger partial charge is 0.322 e. The Bertz CT molecular complexity index is 584. The molecule has 6 nitrogen and oxygen atoms in total. The second-order valence-electron chi connectivity index (χ2n) is 5.93. The fraction of sp³-hybridized carbons (Fsp3) is 0.500. The number of imide groups is 1. The van der Waals surface area contributed by atoms with Crippen LogP contribution in [0.15, 0.2) is 24.3 Å². The molecule has 2 saturated heterocycles. The van der Waals surface area contributed by atoms with Crippen molar-refractivity contribution < 1.29 is 14.3 Å². The molecule has 3 amide bonds. The van der Waals surface area contributed by atoms with Gasteiger partial charge in [-0.05, 0) is 49.5 Å². The Morgan fingerprint density at radius 1 is 1.27 bits per heavy atom. The lowest BCUT2D eigenvalue weighted by molar-refractivity contribution is -0.126. The van der Waals surface area contributed by atoms with Gasteiger partial charge in [0.15, 0.2) is 0 Å². The minimum Gasteiger partial charge on any atom is -0.497 e. The van der Waals surface area contributed by atoms with Crippen LogP contribution in [0.1, 0.15) is 18.4 Å². The molecule has 0 aliphatic carbocycles. The lowest BCUT2D eigenvalue weighted by Crippen LogP contribution is -2.57. The summed E-state index contributed by atoms with van der Waals surface area (Å²) in [6, 6.07) is 7.25. The number of urea groups is 1. The van der Waals surface area contributed by atoms with Crippen molar-refractivity contribution in [3.05, 3.63) is 29.8 Å². The second-order valence-corrected chi connectivity index (χ2v) is 5.93. The average molecular weight is 303 g/mol. The van der Waals surface area contributed by atoms with Gasteiger partial charge in [-0.1, -0.05) is 12.1 Å². The van der Waals surface area contributed by atoms with Crippen molar-refractivity contribution in [3.8, 4) is 5.75 Å². The molecular weight excluding hydrogens is 282 g/mol. The number of hydrogen-bond acceptors (Lipinski definition) is 4. The first kappa shape index (κ1) is 14.8. The van der Waals surface area contributed by atoms with E-state index in [1.54, 1.807) is 7.11 Å². The first-order valence-corrected chi connectivity index (χ1v) is 7.61. The molecule has 0 unspecified atom stereocenters. The van der Waals surface area contributed by atoms with E-state index in [-0.39, 0.29) is 11.8 Å². The van der Waals surface area contributed by atoms with Gasteiger partial charge in [0.1, 0.15) is 11.3 Å². The van der Waals surface area contributed by atoms with Crippen molar-refractivity contribution in [2.75, 3.05) is 20.2 Å². The molecule has 0 aromatic heterocycles. The first-order valence-electron chi connectivity index (χ1n) is 7.61. The summed E-state index contributed by atoms with van der Waals surface area (Å²) < 4.78 is 5.25. The number of rotatable bonds is 4. The molecule has 1 aromatic carbocycles. The quantitative estimate of drug-likeness (QED) is 0.719. The number of ether oxygens (including phenoxy) is 1. The summed E-state index contributed by atoms with van der Waals surface area (Å²) in [5, 5.41) is 8.62. The highest BCUT2D eigenvalue weighted by atomic mass is 16.5. The van der Waals surface area contributed by atoms with Crippen molar-refractivity contribution in [2.24, 2.45) is 5.92 Å². The van der Waals surface area contributed by atoms with E-state index >= 15 is 0 Å². The van der Waals surface area contributed by atoms with Gasteiger partial charge in [0.2, 0.25) is 0 Å². The van der Waals surface area contributed by atoms with Crippen LogP contribution >= 0.6 is 0 Å². The molecule has 118 valence electrons. The van der Waals surface area contributed by atoms with E-state index in [0.717, 1.165) is 37.2 Å². The van der Waals surface area contributed by atoms with Gasteiger partial charge >= 0.3 is 6.03 Å². The minimum absolute atomic E-state index is 0.131. The third kappa shape index (κ3) is 2.66. The third-order valence-corrected chi connectivity index (χ3v) is 4.62. The van der Waals surface area contributed by atoms with Crippen LogP contribution < -0.4 is 20.7 Å². The van der Waals surface area contributed by atoms with E-state index in [1.807, 2.05) is 24.3 Å². The first-order chi connectivity index (χ1) is 10.6. The van der Waals surface area contributed by atoms with Crippen LogP contribution in [0.2, 0.25) is 0 Å². The highest BCUT2D eigenvalue weighted by molar-refractivity contribution is 6.07. The zero-order chi connectivity index (χ0) is 15.6. The van der Waals surface area contributed by atoms with Crippen LogP contribution in [0.4, 0.5) is 4.79 Å². The highest BCUT2D eigenvalue weighted by Crippen LogP contribution is 2.32. The predicted molar refractivity (Wildman–Crippen MR) is 81.7 cm³/mol. The maximum Gasteiger partial charge on any atom is 0.322 e. The molecule has 2 heterocycles. The normalized spacial score (nSPS) is 25.7. The molecule has 6 heteroatoms. The van der Waals surface area contributed by atoms with E-state index in [4.69, 9.17) is 4.74 Å². The van der Waals surface area contributed by atoms with Crippen molar-refractivity contribution in [2.45, 2.75) is 24.8 Å². The minimum atomic E-state index is -0.856. The monoisotopic (exact) mass is 303 g/mol. The van der Waals surface area contributed by atoms with E-state index in [2.05, 4.69) is 16.0 Å². The number of nitrogens with one attached hydrogen (secondary N) is 3. The molecule has 1 aromatic rings. The zero-order valence-electron chi connectivity index (χ0n) is 12.6. The van der Waals surface area contributed by atoms with Crippen LogP contribution in [0.3, 0.4) is 0 Å². The van der Waals surface area contributed by atoms with E-state index in [1.165, 1.54) is 0 Å². The van der Waals surface area contributed by atoms with Crippen molar-refractivity contribution in [1.82, 2.24) is 16.0 Å². The zero-order valence-corrected chi connectivity index (χ0v) is 12.6. The Hall–Kier alpha value is -2.08. The second kappa shape index (κ2) is 5.96. The number of benzene rings is 1. The van der Waals surface area contributed by atoms with Gasteiger partial charge in [-0.3, -0.25) is 10.1 Å². The van der Waals surface area contributed by atoms with Gasteiger partial charge in [-0.15, -0.1) is 0 Å². The van der Waals surface area contributed by atoms with Crippen LogP contribution in [0, 0.1) is 5.92 Å². The molecule has 0 saturated carbocycles. The third-order valence-electron chi connectivity index (χ3n) is 4.62. The molecule has 0 radical (unpaired) electrons. The standard InChI is InChI=1S/C16H21N3O3/c1-22-13-4-2-3-11(9-13)10-16(12-5-7-17-8-6-12)14(20)18-15(21)19-16/h2-4,9,12,17H,5-8,10H2,1H3,(H2,18,19,20,21)/t16-/m0/s1. The Kier molecular flexibility index (Phi) is 4.02. The van der Waals surface area contributed by atoms with Crippen LogP contribution in [0.25, 0.3) is 0 Å². The summed E-state index contributed by atoms with van der Waals surface area (Å²) in [4.78, 5) is 24.3. The molecule has 2 fully saturated rings. The number of piperidine rings is 1. The lowest BCUT2D eigenvalue weighted by atomic mass is 9.74. The highest BCUT2D eigenvalue weighted by Gasteiger charge is 2.51. The maximum absolute atomic E-state index is 12.5. The Morgan fingerprint density at radius 3 is 2.68 bits per heavy atom. The molecule has 2 aliphatic rings. The summed E-state index contributed by atoms with van der Waals surface area (Å²) >= 11 is 0. The molecule has 3 N–H and O–H groups in total. The van der Waals surface area contributed by atoms with Crippen LogP contribution in [0.5, 0.6) is 5.75 Å². The largest absolute Gasteiger partial charge is 0.497 e. The van der Waals surface area contributed by atoms with E-state index in [9.17, 15) is 9.59 Å². The van der Waals surface area contributed by atoms with Crippen LogP contribution in [-0.4, -0.2) is 37.7 Å². The number of amides is 3. The van der Waals surface area contributed by atoms with Crippen molar-refractivity contribution >= 4 is 11.9 Å². The molecule has 22 heavy (non-hydrogen) atoms. The van der Waals surface area contributed by atoms with Gasteiger partial charge in [0.25, 0.3) is 5.91 Å². The molecule has 2 aliphatic heterocycles. The predicted octanol–water partition coefficient (Wildman–Crippen LogP) is 0.816. The summed E-state index contributed by atoms with van der Waals surface area (Å²) in [7, 11) is 1.62. The Morgan fingerprint density at radius 2 is 2.05 bits per heavy atom. The maximum atomic E-state index is 12.5. The van der Waals surface area contributed by atoms with Crippen molar-refractivity contribution in [1.29, 1.82) is 0 Å². The molecule has 3 rings (SSSR count). The number of methoxy groups -OCH3 is 1.